The number of carboxylic acids is 1. The first-order valence-corrected chi connectivity index (χ1v) is 13.9. The third kappa shape index (κ3) is 2.99. The van der Waals surface area contributed by atoms with Crippen LogP contribution in [0.4, 0.5) is 0 Å². The van der Waals surface area contributed by atoms with Crippen molar-refractivity contribution in [2.24, 2.45) is 63.1 Å². The molecule has 0 bridgehead atoms. The lowest BCUT2D eigenvalue weighted by molar-refractivity contribution is -0.212. The summed E-state index contributed by atoms with van der Waals surface area (Å²) in [5.41, 5.74) is 1.58. The standard InChI is InChI=1S/C30H48O3/c1-18(2)20-10-15-30(26(32)33)16-11-22-21(25(20)30)7-8-24-28(22,5)14-12-23-27(3,4)19(17-31)9-13-29(23,24)6/h19-25,31H,1,7-17H2,2-6H3,(H,32,33)/t19-,20+,21?,22?,23?,24?,25?,28+,29+,30+/m1/s1. The summed E-state index contributed by atoms with van der Waals surface area (Å²) in [6, 6.07) is 0. The third-order valence-corrected chi connectivity index (χ3v) is 13.1. The fraction of sp³-hybridized carbons (Fsp3) is 0.900. The topological polar surface area (TPSA) is 57.5 Å². The normalized spacial score (nSPS) is 52.7. The zero-order valence-electron chi connectivity index (χ0n) is 21.8. The van der Waals surface area contributed by atoms with Crippen molar-refractivity contribution in [1.82, 2.24) is 0 Å². The lowest BCUT2D eigenvalue weighted by Crippen LogP contribution is -2.63. The highest BCUT2D eigenvalue weighted by Gasteiger charge is 2.68. The van der Waals surface area contributed by atoms with Gasteiger partial charge in [0.15, 0.2) is 0 Å². The van der Waals surface area contributed by atoms with Crippen molar-refractivity contribution < 1.29 is 15.0 Å². The van der Waals surface area contributed by atoms with E-state index in [-0.39, 0.29) is 11.3 Å². The van der Waals surface area contributed by atoms with Crippen LogP contribution in [0.3, 0.4) is 0 Å². The summed E-state index contributed by atoms with van der Waals surface area (Å²) in [4.78, 5) is 12.7. The monoisotopic (exact) mass is 456 g/mol. The maximum atomic E-state index is 12.7. The van der Waals surface area contributed by atoms with Gasteiger partial charge in [-0.25, -0.2) is 0 Å². The molecule has 5 saturated carbocycles. The Morgan fingerprint density at radius 2 is 1.55 bits per heavy atom. The van der Waals surface area contributed by atoms with Gasteiger partial charge in [0, 0.05) is 6.61 Å². The van der Waals surface area contributed by atoms with E-state index < -0.39 is 11.4 Å². The van der Waals surface area contributed by atoms with Gasteiger partial charge < -0.3 is 10.2 Å². The molecule has 5 rings (SSSR count). The number of aliphatic hydroxyl groups excluding tert-OH is 1. The highest BCUT2D eigenvalue weighted by Crippen LogP contribution is 2.74. The van der Waals surface area contributed by atoms with Gasteiger partial charge in [0.1, 0.15) is 0 Å². The highest BCUT2D eigenvalue weighted by molar-refractivity contribution is 5.76. The van der Waals surface area contributed by atoms with Crippen molar-refractivity contribution in [3.8, 4) is 0 Å². The summed E-state index contributed by atoms with van der Waals surface area (Å²) in [5.74, 6) is 3.19. The SMILES string of the molecule is C=C(C)[C@@H]1CC[C@]2(C(=O)O)CCC3C(CCC4[C@@]3(C)CCC3C(C)(C)[C@@H](CO)CC[C@@]34C)C12. The minimum atomic E-state index is -0.526. The minimum Gasteiger partial charge on any atom is -0.481 e. The molecule has 10 atom stereocenters. The molecule has 0 amide bonds. The largest absolute Gasteiger partial charge is 0.481 e. The number of carboxylic acid groups (broad SMARTS) is 1. The van der Waals surface area contributed by atoms with Crippen molar-refractivity contribution in [2.75, 3.05) is 6.61 Å². The number of allylic oxidation sites excluding steroid dienone is 1. The number of fused-ring (bicyclic) bond motifs is 7. The fourth-order valence-electron chi connectivity index (χ4n) is 11.6. The first-order chi connectivity index (χ1) is 15.4. The van der Waals surface area contributed by atoms with Gasteiger partial charge in [-0.3, -0.25) is 4.79 Å². The molecule has 3 nitrogen and oxygen atoms in total. The molecule has 0 aromatic rings. The van der Waals surface area contributed by atoms with E-state index in [9.17, 15) is 15.0 Å². The number of aliphatic carboxylic acids is 1. The molecular formula is C30H48O3. The van der Waals surface area contributed by atoms with Crippen LogP contribution in [0, 0.1) is 63.1 Å². The average molecular weight is 457 g/mol. The van der Waals surface area contributed by atoms with Gasteiger partial charge in [0.25, 0.3) is 0 Å². The van der Waals surface area contributed by atoms with Crippen LogP contribution in [0.15, 0.2) is 12.2 Å². The van der Waals surface area contributed by atoms with Crippen LogP contribution in [0.1, 0.15) is 98.8 Å². The molecule has 0 heterocycles. The molecule has 2 N–H and O–H groups in total. The van der Waals surface area contributed by atoms with Gasteiger partial charge >= 0.3 is 5.97 Å². The molecule has 0 radical (unpaired) electrons. The van der Waals surface area contributed by atoms with E-state index in [1.165, 1.54) is 37.7 Å². The Balaban J connectivity index is 1.50. The number of rotatable bonds is 3. The van der Waals surface area contributed by atoms with Crippen LogP contribution in [-0.2, 0) is 4.79 Å². The average Bonchev–Trinajstić information content (AvgIpc) is 3.15. The fourth-order valence-corrected chi connectivity index (χ4v) is 11.6. The van der Waals surface area contributed by atoms with Crippen LogP contribution >= 0.6 is 0 Å². The molecule has 5 aliphatic carbocycles. The van der Waals surface area contributed by atoms with Crippen molar-refractivity contribution in [2.45, 2.75) is 98.8 Å². The summed E-state index contributed by atoms with van der Waals surface area (Å²) in [6.07, 6.45) is 11.3. The van der Waals surface area contributed by atoms with E-state index in [0.29, 0.717) is 47.0 Å². The molecule has 5 aliphatic rings. The summed E-state index contributed by atoms with van der Waals surface area (Å²) >= 11 is 0. The number of aliphatic hydroxyl groups is 1. The molecule has 0 saturated heterocycles. The van der Waals surface area contributed by atoms with Crippen LogP contribution < -0.4 is 0 Å². The van der Waals surface area contributed by atoms with E-state index in [1.54, 1.807) is 0 Å². The molecule has 33 heavy (non-hydrogen) atoms. The Kier molecular flexibility index (Phi) is 5.49. The van der Waals surface area contributed by atoms with Gasteiger partial charge in [-0.2, -0.15) is 0 Å². The van der Waals surface area contributed by atoms with Crippen molar-refractivity contribution >= 4 is 5.97 Å². The second-order valence-corrected chi connectivity index (χ2v) is 14.3. The van der Waals surface area contributed by atoms with E-state index in [4.69, 9.17) is 0 Å². The Bertz CT molecular complexity index is 830. The van der Waals surface area contributed by atoms with Crippen molar-refractivity contribution in [1.29, 1.82) is 0 Å². The molecule has 0 spiro atoms. The minimum absolute atomic E-state index is 0.196. The van der Waals surface area contributed by atoms with E-state index >= 15 is 0 Å². The zero-order chi connectivity index (χ0) is 24.0. The molecule has 0 aromatic carbocycles. The molecule has 186 valence electrons. The summed E-state index contributed by atoms with van der Waals surface area (Å²) in [7, 11) is 0. The van der Waals surface area contributed by atoms with Gasteiger partial charge in [0.2, 0.25) is 0 Å². The Morgan fingerprint density at radius 1 is 0.879 bits per heavy atom. The molecule has 5 unspecified atom stereocenters. The van der Waals surface area contributed by atoms with E-state index in [2.05, 4.69) is 41.2 Å². The van der Waals surface area contributed by atoms with E-state index in [0.717, 1.165) is 38.0 Å². The summed E-state index contributed by atoms with van der Waals surface area (Å²) in [6.45, 7) is 16.9. The molecule has 3 heteroatoms. The van der Waals surface area contributed by atoms with Crippen LogP contribution in [-0.4, -0.2) is 22.8 Å². The number of hydrogen-bond donors (Lipinski definition) is 2. The zero-order valence-corrected chi connectivity index (χ0v) is 21.8. The van der Waals surface area contributed by atoms with Crippen LogP contribution in [0.5, 0.6) is 0 Å². The first kappa shape index (κ1) is 23.9. The molecular weight excluding hydrogens is 408 g/mol. The van der Waals surface area contributed by atoms with Gasteiger partial charge in [0.05, 0.1) is 5.41 Å². The predicted octanol–water partition coefficient (Wildman–Crippen LogP) is 6.95. The second kappa shape index (κ2) is 7.58. The lowest BCUT2D eigenvalue weighted by atomic mass is 9.35. The third-order valence-electron chi connectivity index (χ3n) is 13.1. The Hall–Kier alpha value is -0.830. The quantitative estimate of drug-likeness (QED) is 0.452. The van der Waals surface area contributed by atoms with Crippen LogP contribution in [0.2, 0.25) is 0 Å². The highest BCUT2D eigenvalue weighted by atomic mass is 16.4. The lowest BCUT2D eigenvalue weighted by Gasteiger charge is -2.69. The predicted molar refractivity (Wildman–Crippen MR) is 133 cm³/mol. The van der Waals surface area contributed by atoms with Gasteiger partial charge in [-0.1, -0.05) is 39.8 Å². The van der Waals surface area contributed by atoms with Crippen molar-refractivity contribution in [3.63, 3.8) is 0 Å². The molecule has 5 fully saturated rings. The summed E-state index contributed by atoms with van der Waals surface area (Å²) < 4.78 is 0. The van der Waals surface area contributed by atoms with Gasteiger partial charge in [-0.05, 0) is 129 Å². The maximum Gasteiger partial charge on any atom is 0.309 e. The Morgan fingerprint density at radius 3 is 2.18 bits per heavy atom. The number of hydrogen-bond acceptors (Lipinski definition) is 2. The Labute approximate surface area is 201 Å². The van der Waals surface area contributed by atoms with Crippen molar-refractivity contribution in [3.05, 3.63) is 12.2 Å². The van der Waals surface area contributed by atoms with Crippen LogP contribution in [0.25, 0.3) is 0 Å². The van der Waals surface area contributed by atoms with Gasteiger partial charge in [-0.15, -0.1) is 0 Å². The maximum absolute atomic E-state index is 12.7. The molecule has 0 aliphatic heterocycles. The summed E-state index contributed by atoms with van der Waals surface area (Å²) in [5, 5.41) is 20.5. The number of carbonyl (C=O) groups is 1. The second-order valence-electron chi connectivity index (χ2n) is 14.3. The first-order valence-electron chi connectivity index (χ1n) is 13.9. The molecule has 0 aromatic heterocycles. The van der Waals surface area contributed by atoms with E-state index in [1.807, 2.05) is 0 Å². The smallest absolute Gasteiger partial charge is 0.309 e.